The van der Waals surface area contributed by atoms with Gasteiger partial charge in [0.15, 0.2) is 0 Å². The second-order valence-electron chi connectivity index (χ2n) is 3.99. The van der Waals surface area contributed by atoms with Gasteiger partial charge in [-0.05, 0) is 26.2 Å². The first-order valence-corrected chi connectivity index (χ1v) is 7.02. The Morgan fingerprint density at radius 2 is 2.00 bits per heavy atom. The molecule has 1 aromatic heterocycles. The highest BCUT2D eigenvalue weighted by Gasteiger charge is 2.13. The first-order chi connectivity index (χ1) is 8.28. The summed E-state index contributed by atoms with van der Waals surface area (Å²) in [6, 6.07) is 0. The van der Waals surface area contributed by atoms with Gasteiger partial charge in [0.1, 0.15) is 0 Å². The molecular weight excluding hydrogens is 236 g/mol. The van der Waals surface area contributed by atoms with Gasteiger partial charge >= 0.3 is 0 Å². The molecule has 4 heteroatoms. The van der Waals surface area contributed by atoms with E-state index in [9.17, 15) is 0 Å². The number of aryl methyl sites for hydroxylation is 2. The minimum atomic E-state index is 0.567. The molecule has 0 aliphatic heterocycles. The molecule has 17 heavy (non-hydrogen) atoms. The average molecular weight is 259 g/mol. The fourth-order valence-corrected chi connectivity index (χ4v) is 2.38. The van der Waals surface area contributed by atoms with Crippen molar-refractivity contribution in [2.45, 2.75) is 52.5 Å². The topological polar surface area (TPSA) is 27.1 Å². The molecule has 0 fully saturated rings. The van der Waals surface area contributed by atoms with Gasteiger partial charge in [-0.3, -0.25) is 4.68 Å². The van der Waals surface area contributed by atoms with E-state index in [0.29, 0.717) is 5.88 Å². The Labute approximate surface area is 109 Å². The van der Waals surface area contributed by atoms with Crippen LogP contribution in [0.1, 0.15) is 44.1 Å². The van der Waals surface area contributed by atoms with Crippen LogP contribution in [0, 0.1) is 0 Å². The van der Waals surface area contributed by atoms with E-state index < -0.39 is 0 Å². The summed E-state index contributed by atoms with van der Waals surface area (Å²) >= 11 is 6.01. The second-order valence-corrected chi connectivity index (χ2v) is 4.25. The molecule has 0 unspecified atom stereocenters. The Hall–Kier alpha value is -0.540. The molecule has 0 radical (unpaired) electrons. The van der Waals surface area contributed by atoms with E-state index in [-0.39, 0.29) is 0 Å². The predicted octanol–water partition coefficient (Wildman–Crippen LogP) is 3.17. The fraction of sp³-hybridized carbons (Fsp3) is 0.769. The van der Waals surface area contributed by atoms with Gasteiger partial charge in [-0.25, -0.2) is 0 Å². The van der Waals surface area contributed by atoms with E-state index in [0.717, 1.165) is 44.7 Å². The highest BCUT2D eigenvalue weighted by Crippen LogP contribution is 2.18. The predicted molar refractivity (Wildman–Crippen MR) is 71.7 cm³/mol. The summed E-state index contributed by atoms with van der Waals surface area (Å²) in [4.78, 5) is 0. The number of hydrogen-bond donors (Lipinski definition) is 0. The molecule has 98 valence electrons. The van der Waals surface area contributed by atoms with Crippen molar-refractivity contribution >= 4 is 11.6 Å². The van der Waals surface area contributed by atoms with Crippen LogP contribution in [-0.4, -0.2) is 23.0 Å². The Balaban J connectivity index is 2.73. The molecule has 0 saturated heterocycles. The number of alkyl halides is 1. The summed E-state index contributed by atoms with van der Waals surface area (Å²) in [5.74, 6) is 0.567. The van der Waals surface area contributed by atoms with Crippen LogP contribution in [0.2, 0.25) is 0 Å². The fourth-order valence-electron chi connectivity index (χ4n) is 2.07. The van der Waals surface area contributed by atoms with Crippen molar-refractivity contribution in [1.29, 1.82) is 0 Å². The zero-order valence-corrected chi connectivity index (χ0v) is 11.9. The van der Waals surface area contributed by atoms with Crippen LogP contribution in [0.3, 0.4) is 0 Å². The summed E-state index contributed by atoms with van der Waals surface area (Å²) in [7, 11) is 0. The Bertz CT molecular complexity index is 336. The van der Waals surface area contributed by atoms with Crippen molar-refractivity contribution in [2.24, 2.45) is 0 Å². The maximum absolute atomic E-state index is 6.01. The van der Waals surface area contributed by atoms with Crippen LogP contribution in [0.4, 0.5) is 0 Å². The number of halogens is 1. The minimum absolute atomic E-state index is 0.567. The standard InChI is InChI=1S/C13H23ClN2O/c1-4-12-11(10-14)13(5-2)16(15-12)8-7-9-17-6-3/h4-10H2,1-3H3. The highest BCUT2D eigenvalue weighted by molar-refractivity contribution is 6.17. The molecular formula is C13H23ClN2O. The monoisotopic (exact) mass is 258 g/mol. The molecule has 1 rings (SSSR count). The number of ether oxygens (including phenoxy) is 1. The van der Waals surface area contributed by atoms with Gasteiger partial charge in [0.05, 0.1) is 11.6 Å². The number of hydrogen-bond acceptors (Lipinski definition) is 2. The lowest BCUT2D eigenvalue weighted by Gasteiger charge is -2.06. The average Bonchev–Trinajstić information content (AvgIpc) is 2.71. The largest absolute Gasteiger partial charge is 0.382 e. The van der Waals surface area contributed by atoms with Gasteiger partial charge in [-0.1, -0.05) is 13.8 Å². The summed E-state index contributed by atoms with van der Waals surface area (Å²) in [6.07, 6.45) is 2.95. The molecule has 3 nitrogen and oxygen atoms in total. The lowest BCUT2D eigenvalue weighted by Crippen LogP contribution is -2.08. The third-order valence-electron chi connectivity index (χ3n) is 2.92. The van der Waals surface area contributed by atoms with Gasteiger partial charge in [-0.2, -0.15) is 5.10 Å². The third-order valence-corrected chi connectivity index (χ3v) is 3.18. The Morgan fingerprint density at radius 1 is 1.24 bits per heavy atom. The van der Waals surface area contributed by atoms with Crippen LogP contribution in [0.5, 0.6) is 0 Å². The van der Waals surface area contributed by atoms with E-state index >= 15 is 0 Å². The number of aromatic nitrogens is 2. The van der Waals surface area contributed by atoms with E-state index in [2.05, 4.69) is 23.6 Å². The summed E-state index contributed by atoms with van der Waals surface area (Å²) in [6.45, 7) is 8.82. The molecule has 0 bridgehead atoms. The SMILES string of the molecule is CCOCCCn1nc(CC)c(CCl)c1CC. The Kier molecular flexibility index (Phi) is 6.60. The lowest BCUT2D eigenvalue weighted by atomic mass is 10.1. The zero-order chi connectivity index (χ0) is 12.7. The molecule has 1 heterocycles. The highest BCUT2D eigenvalue weighted by atomic mass is 35.5. The van der Waals surface area contributed by atoms with Crippen molar-refractivity contribution in [3.8, 4) is 0 Å². The molecule has 0 aliphatic rings. The molecule has 1 aromatic rings. The van der Waals surface area contributed by atoms with Crippen LogP contribution >= 0.6 is 11.6 Å². The first kappa shape index (κ1) is 14.5. The summed E-state index contributed by atoms with van der Waals surface area (Å²) in [5.41, 5.74) is 3.66. The molecule has 0 atom stereocenters. The molecule has 0 amide bonds. The van der Waals surface area contributed by atoms with Crippen LogP contribution in [-0.2, 0) is 30.0 Å². The second kappa shape index (κ2) is 7.72. The first-order valence-electron chi connectivity index (χ1n) is 6.49. The Morgan fingerprint density at radius 3 is 2.53 bits per heavy atom. The van der Waals surface area contributed by atoms with Gasteiger partial charge in [0, 0.05) is 31.0 Å². The summed E-state index contributed by atoms with van der Waals surface area (Å²) < 4.78 is 7.46. The van der Waals surface area contributed by atoms with E-state index in [1.165, 1.54) is 11.3 Å². The van der Waals surface area contributed by atoms with Gasteiger partial charge in [-0.15, -0.1) is 11.6 Å². The molecule has 0 N–H and O–H groups in total. The van der Waals surface area contributed by atoms with E-state index in [4.69, 9.17) is 16.3 Å². The smallest absolute Gasteiger partial charge is 0.0668 e. The van der Waals surface area contributed by atoms with E-state index in [1.54, 1.807) is 0 Å². The van der Waals surface area contributed by atoms with E-state index in [1.807, 2.05) is 6.92 Å². The van der Waals surface area contributed by atoms with Gasteiger partial charge in [0.25, 0.3) is 0 Å². The van der Waals surface area contributed by atoms with Gasteiger partial charge < -0.3 is 4.74 Å². The van der Waals surface area contributed by atoms with Crippen molar-refractivity contribution in [2.75, 3.05) is 13.2 Å². The quantitative estimate of drug-likeness (QED) is 0.529. The number of rotatable bonds is 8. The minimum Gasteiger partial charge on any atom is -0.382 e. The number of nitrogens with zero attached hydrogens (tertiary/aromatic N) is 2. The van der Waals surface area contributed by atoms with Crippen molar-refractivity contribution in [3.63, 3.8) is 0 Å². The van der Waals surface area contributed by atoms with Crippen molar-refractivity contribution in [1.82, 2.24) is 9.78 Å². The van der Waals surface area contributed by atoms with Crippen molar-refractivity contribution in [3.05, 3.63) is 17.0 Å². The zero-order valence-electron chi connectivity index (χ0n) is 11.1. The molecule has 0 aliphatic carbocycles. The lowest BCUT2D eigenvalue weighted by molar-refractivity contribution is 0.140. The van der Waals surface area contributed by atoms with Crippen LogP contribution in [0.15, 0.2) is 0 Å². The third kappa shape index (κ3) is 3.71. The van der Waals surface area contributed by atoms with Crippen LogP contribution in [0.25, 0.3) is 0 Å². The molecule has 0 aromatic carbocycles. The molecule has 0 saturated carbocycles. The summed E-state index contributed by atoms with van der Waals surface area (Å²) in [5, 5.41) is 4.64. The molecule has 0 spiro atoms. The normalized spacial score (nSPS) is 11.1. The maximum atomic E-state index is 6.01. The maximum Gasteiger partial charge on any atom is 0.0668 e. The van der Waals surface area contributed by atoms with Crippen molar-refractivity contribution < 1.29 is 4.74 Å². The van der Waals surface area contributed by atoms with Gasteiger partial charge in [0.2, 0.25) is 0 Å². The van der Waals surface area contributed by atoms with Crippen LogP contribution < -0.4 is 0 Å².